The van der Waals surface area contributed by atoms with Crippen molar-refractivity contribution in [2.24, 2.45) is 0 Å². The predicted molar refractivity (Wildman–Crippen MR) is 96.1 cm³/mol. The number of ether oxygens (including phenoxy) is 2. The molecule has 3 heterocycles. The number of tetrazole rings is 1. The second kappa shape index (κ2) is 8.00. The number of hydrogen-bond donors (Lipinski definition) is 2. The number of fused-ring (bicyclic) bond motifs is 1. The Morgan fingerprint density at radius 3 is 2.96 bits per heavy atom. The molecule has 0 radical (unpaired) electrons. The zero-order valence-corrected chi connectivity index (χ0v) is 15.1. The normalized spacial score (nSPS) is 12.0. The first-order valence-corrected chi connectivity index (χ1v) is 9.08. The predicted octanol–water partition coefficient (Wildman–Crippen LogP) is 1.48. The molecule has 0 bridgehead atoms. The molecule has 144 valence electrons. The highest BCUT2D eigenvalue weighted by Crippen LogP contribution is 2.34. The molecular formula is C16H14N6O5S. The Kier molecular flexibility index (Phi) is 5.10. The van der Waals surface area contributed by atoms with E-state index in [2.05, 4.69) is 26.2 Å². The van der Waals surface area contributed by atoms with E-state index in [4.69, 9.17) is 13.9 Å². The molecule has 2 N–H and O–H groups in total. The fourth-order valence-corrected chi connectivity index (χ4v) is 3.06. The van der Waals surface area contributed by atoms with Crippen LogP contribution in [0.15, 0.2) is 46.2 Å². The summed E-state index contributed by atoms with van der Waals surface area (Å²) in [7, 11) is 0. The van der Waals surface area contributed by atoms with E-state index in [1.54, 1.807) is 36.6 Å². The van der Waals surface area contributed by atoms with Gasteiger partial charge in [0, 0.05) is 11.8 Å². The first-order valence-electron chi connectivity index (χ1n) is 8.09. The minimum atomic E-state index is -0.653. The molecule has 0 unspecified atom stereocenters. The lowest BCUT2D eigenvalue weighted by atomic mass is 10.3. The molecule has 3 amide bonds. The van der Waals surface area contributed by atoms with Crippen LogP contribution >= 0.6 is 11.8 Å². The van der Waals surface area contributed by atoms with Crippen molar-refractivity contribution in [3.05, 3.63) is 42.4 Å². The Labute approximate surface area is 162 Å². The highest BCUT2D eigenvalue weighted by molar-refractivity contribution is 7.99. The molecule has 1 aliphatic rings. The average Bonchev–Trinajstić information content (AvgIpc) is 3.42. The maximum absolute atomic E-state index is 12.0. The van der Waals surface area contributed by atoms with Gasteiger partial charge in [-0.2, -0.15) is 0 Å². The number of amides is 3. The van der Waals surface area contributed by atoms with Crippen LogP contribution in [0, 0.1) is 0 Å². The van der Waals surface area contributed by atoms with E-state index in [0.717, 1.165) is 11.8 Å². The molecule has 4 rings (SSSR count). The van der Waals surface area contributed by atoms with E-state index >= 15 is 0 Å². The van der Waals surface area contributed by atoms with Crippen LogP contribution in [0.5, 0.6) is 11.5 Å². The van der Waals surface area contributed by atoms with Crippen LogP contribution in [0.4, 0.5) is 10.5 Å². The minimum Gasteiger partial charge on any atom is -0.467 e. The zero-order valence-electron chi connectivity index (χ0n) is 14.3. The summed E-state index contributed by atoms with van der Waals surface area (Å²) in [6, 6.07) is 7.84. The number of furan rings is 1. The molecule has 0 atom stereocenters. The summed E-state index contributed by atoms with van der Waals surface area (Å²) < 4.78 is 17.2. The van der Waals surface area contributed by atoms with Crippen molar-refractivity contribution < 1.29 is 23.5 Å². The van der Waals surface area contributed by atoms with E-state index in [1.165, 1.54) is 4.68 Å². The SMILES string of the molecule is O=C(CSc1nnnn1Cc1ccco1)NC(=O)Nc1ccc2c(c1)OCO2. The summed E-state index contributed by atoms with van der Waals surface area (Å²) in [5, 5.41) is 16.6. The van der Waals surface area contributed by atoms with Crippen molar-refractivity contribution in [1.29, 1.82) is 0 Å². The second-order valence-electron chi connectivity index (χ2n) is 5.56. The number of benzene rings is 1. The molecule has 0 fully saturated rings. The first-order chi connectivity index (χ1) is 13.7. The second-order valence-corrected chi connectivity index (χ2v) is 6.50. The average molecular weight is 402 g/mol. The molecule has 0 saturated heterocycles. The summed E-state index contributed by atoms with van der Waals surface area (Å²) in [5.74, 6) is 1.29. The molecule has 1 aliphatic heterocycles. The fourth-order valence-electron chi connectivity index (χ4n) is 2.38. The number of thioether (sulfide) groups is 1. The number of nitrogens with one attached hydrogen (secondary N) is 2. The topological polar surface area (TPSA) is 133 Å². The highest BCUT2D eigenvalue weighted by Gasteiger charge is 2.16. The number of urea groups is 1. The third-order valence-electron chi connectivity index (χ3n) is 3.60. The molecule has 28 heavy (non-hydrogen) atoms. The lowest BCUT2D eigenvalue weighted by Crippen LogP contribution is -2.35. The van der Waals surface area contributed by atoms with Crippen LogP contribution in [0.3, 0.4) is 0 Å². The van der Waals surface area contributed by atoms with Gasteiger partial charge in [0.1, 0.15) is 12.3 Å². The lowest BCUT2D eigenvalue weighted by molar-refractivity contribution is -0.117. The van der Waals surface area contributed by atoms with Crippen LogP contribution in [-0.4, -0.2) is 44.7 Å². The van der Waals surface area contributed by atoms with Crippen molar-refractivity contribution in [3.8, 4) is 11.5 Å². The van der Waals surface area contributed by atoms with Crippen LogP contribution in [-0.2, 0) is 11.3 Å². The number of aromatic nitrogens is 4. The Hall–Kier alpha value is -3.54. The van der Waals surface area contributed by atoms with Gasteiger partial charge in [-0.1, -0.05) is 11.8 Å². The number of anilines is 1. The number of imide groups is 1. The first kappa shape index (κ1) is 17.9. The van der Waals surface area contributed by atoms with E-state index in [1.807, 2.05) is 0 Å². The Balaban J connectivity index is 1.27. The van der Waals surface area contributed by atoms with E-state index in [-0.39, 0.29) is 12.5 Å². The Morgan fingerprint density at radius 2 is 2.11 bits per heavy atom. The molecule has 1 aromatic carbocycles. The maximum Gasteiger partial charge on any atom is 0.325 e. The van der Waals surface area contributed by atoms with Crippen LogP contribution in [0.25, 0.3) is 0 Å². The van der Waals surface area contributed by atoms with Gasteiger partial charge in [-0.25, -0.2) is 9.48 Å². The number of carbonyl (C=O) groups excluding carboxylic acids is 2. The van der Waals surface area contributed by atoms with Gasteiger partial charge in [0.2, 0.25) is 17.9 Å². The Bertz CT molecular complexity index is 989. The molecule has 11 nitrogen and oxygen atoms in total. The minimum absolute atomic E-state index is 0.0346. The third kappa shape index (κ3) is 4.23. The van der Waals surface area contributed by atoms with E-state index in [9.17, 15) is 9.59 Å². The molecule has 2 aromatic heterocycles. The van der Waals surface area contributed by atoms with Crippen molar-refractivity contribution in [2.45, 2.75) is 11.7 Å². The smallest absolute Gasteiger partial charge is 0.325 e. The molecule has 3 aromatic rings. The largest absolute Gasteiger partial charge is 0.467 e. The number of nitrogens with zero attached hydrogens (tertiary/aromatic N) is 4. The van der Waals surface area contributed by atoms with Gasteiger partial charge in [-0.05, 0) is 34.7 Å². The molecule has 0 spiro atoms. The standard InChI is InChI=1S/C16H14N6O5S/c23-14(8-28-16-19-20-21-22(16)7-11-2-1-5-25-11)18-15(24)17-10-3-4-12-13(6-10)27-9-26-12/h1-6H,7-9H2,(H2,17,18,23,24). The van der Waals surface area contributed by atoms with E-state index < -0.39 is 11.9 Å². The zero-order chi connectivity index (χ0) is 19.3. The van der Waals surface area contributed by atoms with Gasteiger partial charge in [0.05, 0.1) is 12.0 Å². The summed E-state index contributed by atoms with van der Waals surface area (Å²) >= 11 is 1.10. The van der Waals surface area contributed by atoms with Crippen LogP contribution in [0.1, 0.15) is 5.76 Å². The van der Waals surface area contributed by atoms with Gasteiger partial charge in [0.25, 0.3) is 0 Å². The van der Waals surface area contributed by atoms with Gasteiger partial charge >= 0.3 is 6.03 Å². The van der Waals surface area contributed by atoms with Crippen molar-refractivity contribution in [2.75, 3.05) is 17.9 Å². The molecular weight excluding hydrogens is 388 g/mol. The quantitative estimate of drug-likeness (QED) is 0.588. The van der Waals surface area contributed by atoms with Crippen molar-refractivity contribution in [1.82, 2.24) is 25.5 Å². The van der Waals surface area contributed by atoms with Gasteiger partial charge in [0.15, 0.2) is 11.5 Å². The molecule has 0 aliphatic carbocycles. The Morgan fingerprint density at radius 1 is 1.21 bits per heavy atom. The van der Waals surface area contributed by atoms with Gasteiger partial charge < -0.3 is 19.2 Å². The van der Waals surface area contributed by atoms with Gasteiger partial charge in [-0.3, -0.25) is 10.1 Å². The van der Waals surface area contributed by atoms with Gasteiger partial charge in [-0.15, -0.1) is 5.10 Å². The fraction of sp³-hybridized carbons (Fsp3) is 0.188. The van der Waals surface area contributed by atoms with Crippen LogP contribution < -0.4 is 20.1 Å². The van der Waals surface area contributed by atoms with Crippen molar-refractivity contribution in [3.63, 3.8) is 0 Å². The highest BCUT2D eigenvalue weighted by atomic mass is 32.2. The number of rotatable bonds is 6. The maximum atomic E-state index is 12.0. The van der Waals surface area contributed by atoms with Crippen LogP contribution in [0.2, 0.25) is 0 Å². The number of hydrogen-bond acceptors (Lipinski definition) is 9. The summed E-state index contributed by atoms with van der Waals surface area (Å²) in [5.41, 5.74) is 0.476. The van der Waals surface area contributed by atoms with Crippen molar-refractivity contribution >= 4 is 29.4 Å². The summed E-state index contributed by atoms with van der Waals surface area (Å²) in [4.78, 5) is 24.0. The molecule has 12 heteroatoms. The summed E-state index contributed by atoms with van der Waals surface area (Å²) in [6.07, 6.45) is 1.55. The third-order valence-corrected chi connectivity index (χ3v) is 4.56. The summed E-state index contributed by atoms with van der Waals surface area (Å²) in [6.45, 7) is 0.481. The lowest BCUT2D eigenvalue weighted by Gasteiger charge is -2.07. The monoisotopic (exact) mass is 402 g/mol. The molecule has 0 saturated carbocycles. The van der Waals surface area contributed by atoms with E-state index in [0.29, 0.717) is 34.6 Å². The number of carbonyl (C=O) groups is 2.